The van der Waals surface area contributed by atoms with Crippen LogP contribution in [0, 0.1) is 32.1 Å². The lowest BCUT2D eigenvalue weighted by Crippen LogP contribution is -2.14. The third-order valence-corrected chi connectivity index (χ3v) is 4.04. The van der Waals surface area contributed by atoms with Gasteiger partial charge in [0.2, 0.25) is 5.91 Å². The number of rotatable bonds is 4. The summed E-state index contributed by atoms with van der Waals surface area (Å²) >= 11 is 1.29. The minimum atomic E-state index is -0.111. The molecule has 112 valence electrons. The van der Waals surface area contributed by atoms with E-state index < -0.39 is 0 Å². The number of hydrogen-bond acceptors (Lipinski definition) is 4. The van der Waals surface area contributed by atoms with Gasteiger partial charge in [0.25, 0.3) is 0 Å². The molecule has 5 heteroatoms. The quantitative estimate of drug-likeness (QED) is 0.876. The zero-order valence-electron chi connectivity index (χ0n) is 12.8. The first kappa shape index (κ1) is 16.1. The van der Waals surface area contributed by atoms with Crippen LogP contribution in [0.1, 0.15) is 22.4 Å². The smallest absolute Gasteiger partial charge is 0.234 e. The topological polar surface area (TPSA) is 65.8 Å². The van der Waals surface area contributed by atoms with Gasteiger partial charge < -0.3 is 5.32 Å². The van der Waals surface area contributed by atoms with Crippen molar-refractivity contribution in [1.82, 2.24) is 4.98 Å². The van der Waals surface area contributed by atoms with Gasteiger partial charge >= 0.3 is 0 Å². The van der Waals surface area contributed by atoms with Gasteiger partial charge in [-0.1, -0.05) is 23.9 Å². The fourth-order valence-electron chi connectivity index (χ4n) is 2.10. The lowest BCUT2D eigenvalue weighted by Gasteiger charge is -2.08. The van der Waals surface area contributed by atoms with E-state index in [9.17, 15) is 10.1 Å². The molecular formula is C17H17N3OS. The molecule has 0 fully saturated rings. The molecule has 4 nitrogen and oxygen atoms in total. The maximum Gasteiger partial charge on any atom is 0.234 e. The number of aromatic nitrogens is 1. The molecule has 0 aliphatic carbocycles. The molecule has 0 bridgehead atoms. The van der Waals surface area contributed by atoms with Crippen molar-refractivity contribution in [3.8, 4) is 6.07 Å². The zero-order chi connectivity index (χ0) is 16.1. The van der Waals surface area contributed by atoms with Crippen LogP contribution in [0.2, 0.25) is 0 Å². The second kappa shape index (κ2) is 7.10. The average molecular weight is 311 g/mol. The molecule has 1 N–H and O–H groups in total. The number of thioether (sulfide) groups is 1. The van der Waals surface area contributed by atoms with E-state index >= 15 is 0 Å². The summed E-state index contributed by atoms with van der Waals surface area (Å²) in [5.41, 5.74) is 4.14. The van der Waals surface area contributed by atoms with Crippen LogP contribution >= 0.6 is 11.8 Å². The molecule has 0 saturated heterocycles. The van der Waals surface area contributed by atoms with Crippen molar-refractivity contribution in [2.24, 2.45) is 0 Å². The number of aryl methyl sites for hydroxylation is 3. The van der Waals surface area contributed by atoms with Gasteiger partial charge in [0, 0.05) is 11.4 Å². The summed E-state index contributed by atoms with van der Waals surface area (Å²) in [6.45, 7) is 5.73. The second-order valence-electron chi connectivity index (χ2n) is 5.08. The Morgan fingerprint density at radius 3 is 2.77 bits per heavy atom. The van der Waals surface area contributed by atoms with E-state index in [1.54, 1.807) is 0 Å². The summed E-state index contributed by atoms with van der Waals surface area (Å²) in [6, 6.07) is 11.7. The van der Waals surface area contributed by atoms with Crippen molar-refractivity contribution < 1.29 is 4.79 Å². The summed E-state index contributed by atoms with van der Waals surface area (Å²) in [4.78, 5) is 16.4. The number of nitrogens with one attached hydrogen (secondary N) is 1. The monoisotopic (exact) mass is 311 g/mol. The number of pyridine rings is 1. The maximum atomic E-state index is 12.0. The van der Waals surface area contributed by atoms with Crippen LogP contribution in [0.15, 0.2) is 35.4 Å². The number of carbonyl (C=O) groups is 1. The second-order valence-corrected chi connectivity index (χ2v) is 6.04. The first-order valence-electron chi connectivity index (χ1n) is 6.87. The molecule has 0 aliphatic rings. The zero-order valence-corrected chi connectivity index (χ0v) is 13.6. The molecule has 2 aromatic rings. The highest BCUT2D eigenvalue weighted by atomic mass is 32.2. The highest BCUT2D eigenvalue weighted by Crippen LogP contribution is 2.23. The molecule has 0 saturated carbocycles. The predicted molar refractivity (Wildman–Crippen MR) is 89.0 cm³/mol. The molecule has 0 radical (unpaired) electrons. The molecular weight excluding hydrogens is 294 g/mol. The third-order valence-electron chi connectivity index (χ3n) is 3.07. The van der Waals surface area contributed by atoms with Crippen LogP contribution in [0.5, 0.6) is 0 Å². The highest BCUT2D eigenvalue weighted by molar-refractivity contribution is 8.00. The first-order valence-corrected chi connectivity index (χ1v) is 7.86. The van der Waals surface area contributed by atoms with Gasteiger partial charge in [0.1, 0.15) is 11.1 Å². The summed E-state index contributed by atoms with van der Waals surface area (Å²) in [7, 11) is 0. The molecule has 2 rings (SSSR count). The van der Waals surface area contributed by atoms with Crippen LogP contribution < -0.4 is 5.32 Å². The van der Waals surface area contributed by atoms with E-state index in [0.717, 1.165) is 22.5 Å². The Labute approximate surface area is 134 Å². The van der Waals surface area contributed by atoms with Crippen molar-refractivity contribution in [3.63, 3.8) is 0 Å². The lowest BCUT2D eigenvalue weighted by molar-refractivity contribution is -0.113. The van der Waals surface area contributed by atoms with Gasteiger partial charge in [-0.05, 0) is 50.1 Å². The maximum absolute atomic E-state index is 12.0. The Morgan fingerprint density at radius 2 is 2.09 bits per heavy atom. The number of amides is 1. The Morgan fingerprint density at radius 1 is 1.32 bits per heavy atom. The van der Waals surface area contributed by atoms with Gasteiger partial charge in [-0.15, -0.1) is 0 Å². The van der Waals surface area contributed by atoms with E-state index in [2.05, 4.69) is 16.4 Å². The Hall–Kier alpha value is -2.32. The first-order chi connectivity index (χ1) is 10.5. The van der Waals surface area contributed by atoms with Crippen LogP contribution in [-0.4, -0.2) is 16.6 Å². The summed E-state index contributed by atoms with van der Waals surface area (Å²) in [6.07, 6.45) is 0. The van der Waals surface area contributed by atoms with E-state index in [0.29, 0.717) is 10.6 Å². The van der Waals surface area contributed by atoms with E-state index in [1.165, 1.54) is 11.8 Å². The Bertz CT molecular complexity index is 750. The van der Waals surface area contributed by atoms with E-state index in [-0.39, 0.29) is 11.7 Å². The molecule has 1 amide bonds. The number of anilines is 1. The number of carbonyl (C=O) groups excluding carboxylic acids is 1. The lowest BCUT2D eigenvalue weighted by atomic mass is 10.1. The Kier molecular flexibility index (Phi) is 5.18. The molecule has 0 aliphatic heterocycles. The SMILES string of the molecule is Cc1cccc(NC(=O)CSc2nc(C)cc(C)c2C#N)c1. The number of nitrogens with zero attached hydrogens (tertiary/aromatic N) is 2. The fourth-order valence-corrected chi connectivity index (χ4v) is 3.00. The highest BCUT2D eigenvalue weighted by Gasteiger charge is 2.11. The summed E-state index contributed by atoms with van der Waals surface area (Å²) < 4.78 is 0. The van der Waals surface area contributed by atoms with Crippen LogP contribution in [0.3, 0.4) is 0 Å². The fraction of sp³-hybridized carbons (Fsp3) is 0.235. The number of hydrogen-bond donors (Lipinski definition) is 1. The van der Waals surface area contributed by atoms with E-state index in [4.69, 9.17) is 0 Å². The summed E-state index contributed by atoms with van der Waals surface area (Å²) in [5, 5.41) is 12.7. The van der Waals surface area contributed by atoms with Crippen LogP contribution in [-0.2, 0) is 4.79 Å². The molecule has 0 atom stereocenters. The van der Waals surface area contributed by atoms with Crippen LogP contribution in [0.25, 0.3) is 0 Å². The summed E-state index contributed by atoms with van der Waals surface area (Å²) in [5.74, 6) is 0.110. The van der Waals surface area contributed by atoms with Gasteiger partial charge in [-0.25, -0.2) is 4.98 Å². The molecule has 22 heavy (non-hydrogen) atoms. The third kappa shape index (κ3) is 4.09. The minimum absolute atomic E-state index is 0.111. The predicted octanol–water partition coefficient (Wildman–Crippen LogP) is 3.61. The molecule has 1 heterocycles. The molecule has 1 aromatic carbocycles. The molecule has 1 aromatic heterocycles. The molecule has 0 spiro atoms. The minimum Gasteiger partial charge on any atom is -0.325 e. The van der Waals surface area contributed by atoms with Crippen molar-refractivity contribution in [2.75, 3.05) is 11.1 Å². The average Bonchev–Trinajstić information content (AvgIpc) is 2.44. The standard InChI is InChI=1S/C17H17N3OS/c1-11-5-4-6-14(7-11)20-16(21)10-22-17-15(9-18)12(2)8-13(3)19-17/h4-8H,10H2,1-3H3,(H,20,21). The van der Waals surface area contributed by atoms with Crippen molar-refractivity contribution in [3.05, 3.63) is 52.7 Å². The van der Waals surface area contributed by atoms with Gasteiger partial charge in [0.15, 0.2) is 0 Å². The molecule has 0 unspecified atom stereocenters. The van der Waals surface area contributed by atoms with Crippen molar-refractivity contribution in [2.45, 2.75) is 25.8 Å². The van der Waals surface area contributed by atoms with E-state index in [1.807, 2.05) is 51.1 Å². The van der Waals surface area contributed by atoms with Crippen molar-refractivity contribution in [1.29, 1.82) is 5.26 Å². The largest absolute Gasteiger partial charge is 0.325 e. The van der Waals surface area contributed by atoms with Crippen molar-refractivity contribution >= 4 is 23.4 Å². The number of benzene rings is 1. The van der Waals surface area contributed by atoms with Gasteiger partial charge in [-0.3, -0.25) is 4.79 Å². The van der Waals surface area contributed by atoms with Gasteiger partial charge in [-0.2, -0.15) is 5.26 Å². The van der Waals surface area contributed by atoms with Gasteiger partial charge in [0.05, 0.1) is 11.3 Å². The number of nitriles is 1. The van der Waals surface area contributed by atoms with Crippen LogP contribution in [0.4, 0.5) is 5.69 Å². The Balaban J connectivity index is 2.04. The normalized spacial score (nSPS) is 10.1.